The Morgan fingerprint density at radius 1 is 1.27 bits per heavy atom. The van der Waals surface area contributed by atoms with Gasteiger partial charge >= 0.3 is 0 Å². The van der Waals surface area contributed by atoms with Gasteiger partial charge in [-0.15, -0.1) is 0 Å². The molecule has 1 N–H and O–H groups in total. The van der Waals surface area contributed by atoms with E-state index in [9.17, 15) is 0 Å². The van der Waals surface area contributed by atoms with Gasteiger partial charge in [0.1, 0.15) is 0 Å². The summed E-state index contributed by atoms with van der Waals surface area (Å²) < 4.78 is 0. The molecule has 1 aromatic rings. The van der Waals surface area contributed by atoms with Gasteiger partial charge in [0.2, 0.25) is 0 Å². The quantitative estimate of drug-likeness (QED) is 0.691. The minimum atomic E-state index is 0.358. The van der Waals surface area contributed by atoms with Crippen LogP contribution < -0.4 is 0 Å². The van der Waals surface area contributed by atoms with Crippen molar-refractivity contribution in [1.82, 2.24) is 0 Å². The number of nitrogens with one attached hydrogen (secondary N) is 1. The van der Waals surface area contributed by atoms with Gasteiger partial charge in [0, 0.05) is 0 Å². The van der Waals surface area contributed by atoms with Gasteiger partial charge in [-0.25, -0.2) is 5.53 Å². The van der Waals surface area contributed by atoms with Crippen molar-refractivity contribution in [1.29, 1.82) is 5.53 Å². The number of nitrogens with zero attached hydrogens (tertiary/aromatic N) is 1. The Balaban J connectivity index is 2.95. The summed E-state index contributed by atoms with van der Waals surface area (Å²) in [6.07, 6.45) is 0. The van der Waals surface area contributed by atoms with E-state index in [1.807, 2.05) is 0 Å². The summed E-state index contributed by atoms with van der Waals surface area (Å²) in [5.41, 5.74) is 7.51. The fraction of sp³-hybridized carbons (Fsp3) is 0.143. The third-order valence-electron chi connectivity index (χ3n) is 1.25. The second kappa shape index (κ2) is 3.69. The van der Waals surface area contributed by atoms with Gasteiger partial charge < -0.3 is 0 Å². The Bertz CT molecular complexity index is 273. The molecule has 0 saturated heterocycles. The summed E-state index contributed by atoms with van der Waals surface area (Å²) in [6, 6.07) is 5.21. The predicted octanol–water partition coefficient (Wildman–Crippen LogP) is 3.52. The molecule has 0 fully saturated rings. The van der Waals surface area contributed by atoms with Gasteiger partial charge in [-0.05, 0) is 17.7 Å². The van der Waals surface area contributed by atoms with Crippen LogP contribution in [0.25, 0.3) is 0 Å². The molecule has 4 heteroatoms. The van der Waals surface area contributed by atoms with Crippen LogP contribution in [0, 0.1) is 5.53 Å². The number of hydrogen-bond donors (Lipinski definition) is 1. The Kier molecular flexibility index (Phi) is 2.85. The molecule has 1 aromatic carbocycles. The van der Waals surface area contributed by atoms with Crippen molar-refractivity contribution in [2.24, 2.45) is 5.11 Å². The van der Waals surface area contributed by atoms with E-state index in [0.717, 1.165) is 5.56 Å². The molecule has 1 rings (SSSR count). The second-order valence-electron chi connectivity index (χ2n) is 2.06. The van der Waals surface area contributed by atoms with Crippen LogP contribution >= 0.6 is 23.2 Å². The summed E-state index contributed by atoms with van der Waals surface area (Å²) in [6.45, 7) is 0.358. The van der Waals surface area contributed by atoms with Crippen LogP contribution in [0.4, 0.5) is 0 Å². The van der Waals surface area contributed by atoms with E-state index in [2.05, 4.69) is 5.11 Å². The largest absolute Gasteiger partial charge is 0.210 e. The smallest absolute Gasteiger partial charge is 0.0847 e. The van der Waals surface area contributed by atoms with Gasteiger partial charge in [-0.3, -0.25) is 0 Å². The van der Waals surface area contributed by atoms with Crippen LogP contribution in [0.5, 0.6) is 0 Å². The summed E-state index contributed by atoms with van der Waals surface area (Å²) in [5.74, 6) is 0. The molecule has 0 amide bonds. The molecule has 0 radical (unpaired) electrons. The topological polar surface area (TPSA) is 36.2 Å². The maximum absolute atomic E-state index is 6.61. The molecule has 0 heterocycles. The summed E-state index contributed by atoms with van der Waals surface area (Å²) in [7, 11) is 0. The van der Waals surface area contributed by atoms with Crippen molar-refractivity contribution in [3.05, 3.63) is 33.8 Å². The maximum atomic E-state index is 6.61. The van der Waals surface area contributed by atoms with E-state index < -0.39 is 0 Å². The summed E-state index contributed by atoms with van der Waals surface area (Å²) >= 11 is 11.4. The highest BCUT2D eigenvalue weighted by molar-refractivity contribution is 6.41. The molecule has 0 aliphatic carbocycles. The first-order valence-electron chi connectivity index (χ1n) is 3.01. The van der Waals surface area contributed by atoms with E-state index in [1.54, 1.807) is 18.2 Å². The van der Waals surface area contributed by atoms with Crippen molar-refractivity contribution < 1.29 is 0 Å². The SMILES string of the molecule is N=NCc1ccc(Cl)c(Cl)c1. The van der Waals surface area contributed by atoms with E-state index >= 15 is 0 Å². The number of rotatable bonds is 2. The zero-order valence-corrected chi connectivity index (χ0v) is 7.15. The van der Waals surface area contributed by atoms with Gasteiger partial charge in [0.25, 0.3) is 0 Å². The lowest BCUT2D eigenvalue weighted by Gasteiger charge is -1.97. The molecular formula is C7H6Cl2N2. The van der Waals surface area contributed by atoms with E-state index in [-0.39, 0.29) is 0 Å². The number of benzene rings is 1. The molecule has 58 valence electrons. The highest BCUT2D eigenvalue weighted by Gasteiger charge is 1.97. The molecule has 0 aliphatic heterocycles. The molecule has 0 saturated carbocycles. The van der Waals surface area contributed by atoms with Gasteiger partial charge in [-0.2, -0.15) is 5.11 Å². The van der Waals surface area contributed by atoms with Gasteiger partial charge in [0.15, 0.2) is 0 Å². The molecule has 0 aromatic heterocycles. The van der Waals surface area contributed by atoms with E-state index in [0.29, 0.717) is 16.6 Å². The Morgan fingerprint density at radius 3 is 2.55 bits per heavy atom. The average molecular weight is 189 g/mol. The first-order valence-corrected chi connectivity index (χ1v) is 3.77. The molecular weight excluding hydrogens is 183 g/mol. The molecule has 2 nitrogen and oxygen atoms in total. The minimum Gasteiger partial charge on any atom is -0.210 e. The maximum Gasteiger partial charge on any atom is 0.0847 e. The first-order chi connectivity index (χ1) is 5.24. The fourth-order valence-electron chi connectivity index (χ4n) is 0.729. The van der Waals surface area contributed by atoms with Crippen LogP contribution in [0.3, 0.4) is 0 Å². The average Bonchev–Trinajstić information content (AvgIpc) is 1.98. The van der Waals surface area contributed by atoms with E-state index in [1.165, 1.54) is 0 Å². The lowest BCUT2D eigenvalue weighted by molar-refractivity contribution is 0.908. The number of hydrogen-bond acceptors (Lipinski definition) is 2. The normalized spacial score (nSPS) is 9.64. The zero-order chi connectivity index (χ0) is 8.27. The minimum absolute atomic E-state index is 0.358. The lowest BCUT2D eigenvalue weighted by Crippen LogP contribution is -1.79. The third kappa shape index (κ3) is 2.17. The van der Waals surface area contributed by atoms with E-state index in [4.69, 9.17) is 28.7 Å². The van der Waals surface area contributed by atoms with Crippen molar-refractivity contribution in [3.8, 4) is 0 Å². The summed E-state index contributed by atoms with van der Waals surface area (Å²) in [4.78, 5) is 0. The monoisotopic (exact) mass is 188 g/mol. The van der Waals surface area contributed by atoms with Crippen LogP contribution in [0.1, 0.15) is 5.56 Å². The Hall–Kier alpha value is -0.600. The number of halogens is 2. The predicted molar refractivity (Wildman–Crippen MR) is 45.3 cm³/mol. The lowest BCUT2D eigenvalue weighted by atomic mass is 10.2. The first kappa shape index (κ1) is 8.50. The standard InChI is InChI=1S/C7H6Cl2N2/c8-6-2-1-5(4-11-10)3-7(6)9/h1-3,10H,4H2. The van der Waals surface area contributed by atoms with Crippen molar-refractivity contribution >= 4 is 23.2 Å². The van der Waals surface area contributed by atoms with Crippen molar-refractivity contribution in [3.63, 3.8) is 0 Å². The molecule has 0 unspecified atom stereocenters. The van der Waals surface area contributed by atoms with Crippen LogP contribution in [0.2, 0.25) is 10.0 Å². The van der Waals surface area contributed by atoms with Crippen LogP contribution in [0.15, 0.2) is 23.3 Å². The molecule has 11 heavy (non-hydrogen) atoms. The van der Waals surface area contributed by atoms with Crippen LogP contribution in [-0.2, 0) is 6.54 Å². The highest BCUT2D eigenvalue weighted by atomic mass is 35.5. The van der Waals surface area contributed by atoms with Gasteiger partial charge in [0.05, 0.1) is 16.6 Å². The highest BCUT2D eigenvalue weighted by Crippen LogP contribution is 2.22. The zero-order valence-electron chi connectivity index (χ0n) is 5.64. The molecule has 0 bridgehead atoms. The van der Waals surface area contributed by atoms with Gasteiger partial charge in [-0.1, -0.05) is 29.3 Å². The Morgan fingerprint density at radius 2 is 2.00 bits per heavy atom. The van der Waals surface area contributed by atoms with Crippen molar-refractivity contribution in [2.75, 3.05) is 0 Å². The molecule has 0 aliphatic rings. The molecule has 0 atom stereocenters. The van der Waals surface area contributed by atoms with Crippen molar-refractivity contribution in [2.45, 2.75) is 6.54 Å². The fourth-order valence-corrected chi connectivity index (χ4v) is 1.05. The Labute approximate surface area is 74.6 Å². The summed E-state index contributed by atoms with van der Waals surface area (Å²) in [5, 5.41) is 4.26. The molecule has 0 spiro atoms. The second-order valence-corrected chi connectivity index (χ2v) is 2.88. The van der Waals surface area contributed by atoms with Crippen LogP contribution in [-0.4, -0.2) is 0 Å². The third-order valence-corrected chi connectivity index (χ3v) is 1.98.